The maximum atomic E-state index is 13.1. The molecule has 1 aliphatic rings. The van der Waals surface area contributed by atoms with Gasteiger partial charge in [0.25, 0.3) is 5.91 Å². The van der Waals surface area contributed by atoms with E-state index in [0.717, 1.165) is 23.5 Å². The molecule has 1 aromatic carbocycles. The van der Waals surface area contributed by atoms with Crippen LogP contribution < -0.4 is 5.73 Å². The highest BCUT2D eigenvalue weighted by Gasteiger charge is 2.36. The molecule has 0 aliphatic carbocycles. The Morgan fingerprint density at radius 2 is 1.88 bits per heavy atom. The van der Waals surface area contributed by atoms with Crippen LogP contribution in [-0.4, -0.2) is 39.7 Å². The van der Waals surface area contributed by atoms with Gasteiger partial charge in [-0.3, -0.25) is 4.79 Å². The molecule has 0 radical (unpaired) electrons. The number of rotatable bonds is 2. The fourth-order valence-electron chi connectivity index (χ4n) is 3.48. The van der Waals surface area contributed by atoms with Crippen molar-refractivity contribution in [1.29, 1.82) is 0 Å². The number of aryl methyl sites for hydroxylation is 1. The number of halogens is 1. The first-order chi connectivity index (χ1) is 11.3. The van der Waals surface area contributed by atoms with Crippen LogP contribution in [0.15, 0.2) is 30.3 Å². The maximum absolute atomic E-state index is 13.1. The van der Waals surface area contributed by atoms with Gasteiger partial charge in [-0.05, 0) is 37.8 Å². The summed E-state index contributed by atoms with van der Waals surface area (Å²) in [5, 5.41) is 4.59. The van der Waals surface area contributed by atoms with Crippen LogP contribution in [0.5, 0.6) is 0 Å². The minimum absolute atomic E-state index is 0. The van der Waals surface area contributed by atoms with Crippen LogP contribution in [0.2, 0.25) is 0 Å². The lowest BCUT2D eigenvalue weighted by Crippen LogP contribution is -2.54. The number of carbonyl (C=O) groups excluding carboxylic acids is 1. The average Bonchev–Trinajstić information content (AvgIpc) is 2.85. The topological polar surface area (TPSA) is 64.2 Å². The highest BCUT2D eigenvalue weighted by atomic mass is 35.5. The largest absolute Gasteiger partial charge is 0.338 e. The molecule has 0 spiro atoms. The minimum atomic E-state index is -0.0643. The average molecular weight is 363 g/mol. The molecule has 2 aromatic rings. The summed E-state index contributed by atoms with van der Waals surface area (Å²) in [6.45, 7) is 9.51. The Labute approximate surface area is 155 Å². The fourth-order valence-corrected chi connectivity index (χ4v) is 3.48. The van der Waals surface area contributed by atoms with E-state index < -0.39 is 0 Å². The molecule has 1 fully saturated rings. The van der Waals surface area contributed by atoms with Crippen LogP contribution in [0.3, 0.4) is 0 Å². The van der Waals surface area contributed by atoms with E-state index in [1.54, 1.807) is 0 Å². The van der Waals surface area contributed by atoms with E-state index in [4.69, 9.17) is 5.73 Å². The lowest BCUT2D eigenvalue weighted by Gasteiger charge is -2.42. The van der Waals surface area contributed by atoms with Gasteiger partial charge < -0.3 is 10.6 Å². The number of nitrogens with zero attached hydrogens (tertiary/aromatic N) is 3. The lowest BCUT2D eigenvalue weighted by molar-refractivity contribution is 0.0531. The molecule has 5 nitrogen and oxygen atoms in total. The molecule has 3 rings (SSSR count). The molecule has 1 atom stereocenters. The summed E-state index contributed by atoms with van der Waals surface area (Å²) >= 11 is 0. The Hall–Kier alpha value is -1.85. The second kappa shape index (κ2) is 7.18. The van der Waals surface area contributed by atoms with E-state index in [1.165, 1.54) is 0 Å². The van der Waals surface area contributed by atoms with E-state index in [-0.39, 0.29) is 29.8 Å². The molecule has 1 saturated heterocycles. The predicted octanol–water partition coefficient (Wildman–Crippen LogP) is 3.11. The van der Waals surface area contributed by atoms with E-state index >= 15 is 0 Å². The summed E-state index contributed by atoms with van der Waals surface area (Å²) in [6.07, 6.45) is 0.837. The number of hydrogen-bond donors (Lipinski definition) is 1. The second-order valence-corrected chi connectivity index (χ2v) is 7.40. The van der Waals surface area contributed by atoms with Gasteiger partial charge in [-0.25, -0.2) is 4.68 Å². The van der Waals surface area contributed by atoms with E-state index in [9.17, 15) is 4.79 Å². The number of likely N-dealkylation sites (tertiary alicyclic amines) is 1. The van der Waals surface area contributed by atoms with Crippen LogP contribution in [0.4, 0.5) is 0 Å². The van der Waals surface area contributed by atoms with Crippen molar-refractivity contribution in [3.63, 3.8) is 0 Å². The Balaban J connectivity index is 0.00000225. The fraction of sp³-hybridized carbons (Fsp3) is 0.474. The number of benzene rings is 1. The van der Waals surface area contributed by atoms with E-state index in [0.29, 0.717) is 18.7 Å². The first-order valence-corrected chi connectivity index (χ1v) is 8.48. The van der Waals surface area contributed by atoms with Gasteiger partial charge in [0.15, 0.2) is 0 Å². The van der Waals surface area contributed by atoms with Crippen molar-refractivity contribution in [2.45, 2.75) is 40.2 Å². The standard InChI is InChI=1S/C19H26N4O.ClH/c1-13-17(14(2)23(21-13)15-8-6-5-7-9-15)18(24)22-11-10-16(20)19(3,4)12-22;/h5-9,16H,10-12,20H2,1-4H3;1H. The molecule has 0 bridgehead atoms. The van der Waals surface area contributed by atoms with Crippen molar-refractivity contribution in [2.24, 2.45) is 11.1 Å². The number of amides is 1. The number of nitrogens with two attached hydrogens (primary N) is 1. The van der Waals surface area contributed by atoms with Gasteiger partial charge >= 0.3 is 0 Å². The summed E-state index contributed by atoms with van der Waals surface area (Å²) in [7, 11) is 0. The predicted molar refractivity (Wildman–Crippen MR) is 103 cm³/mol. The summed E-state index contributed by atoms with van der Waals surface area (Å²) in [5.74, 6) is 0.0622. The number of aromatic nitrogens is 2. The summed E-state index contributed by atoms with van der Waals surface area (Å²) in [4.78, 5) is 15.0. The van der Waals surface area contributed by atoms with Crippen LogP contribution in [0.1, 0.15) is 42.0 Å². The number of piperidine rings is 1. The van der Waals surface area contributed by atoms with Crippen LogP contribution in [0, 0.1) is 19.3 Å². The zero-order chi connectivity index (χ0) is 17.5. The number of carbonyl (C=O) groups is 1. The van der Waals surface area contributed by atoms with E-state index in [1.807, 2.05) is 53.8 Å². The summed E-state index contributed by atoms with van der Waals surface area (Å²) in [6, 6.07) is 10.0. The minimum Gasteiger partial charge on any atom is -0.338 e. The molecule has 1 unspecified atom stereocenters. The van der Waals surface area contributed by atoms with E-state index in [2.05, 4.69) is 18.9 Å². The van der Waals surface area contributed by atoms with Gasteiger partial charge in [0.05, 0.1) is 22.6 Å². The molecule has 1 aromatic heterocycles. The van der Waals surface area contributed by atoms with Crippen LogP contribution >= 0.6 is 12.4 Å². The number of para-hydroxylation sites is 1. The first-order valence-electron chi connectivity index (χ1n) is 8.48. The van der Waals surface area contributed by atoms with Crippen molar-refractivity contribution < 1.29 is 4.79 Å². The van der Waals surface area contributed by atoms with Crippen molar-refractivity contribution in [3.05, 3.63) is 47.3 Å². The van der Waals surface area contributed by atoms with Gasteiger partial charge in [-0.2, -0.15) is 5.10 Å². The van der Waals surface area contributed by atoms with Crippen LogP contribution in [0.25, 0.3) is 5.69 Å². The Bertz CT molecular complexity index is 754. The third-order valence-corrected chi connectivity index (χ3v) is 5.11. The molecule has 1 amide bonds. The quantitative estimate of drug-likeness (QED) is 0.892. The molecule has 136 valence electrons. The maximum Gasteiger partial charge on any atom is 0.257 e. The first kappa shape index (κ1) is 19.5. The molecule has 6 heteroatoms. The molecule has 1 aliphatic heterocycles. The van der Waals surface area contributed by atoms with Crippen molar-refractivity contribution in [1.82, 2.24) is 14.7 Å². The third-order valence-electron chi connectivity index (χ3n) is 5.11. The SMILES string of the molecule is Cc1nn(-c2ccccc2)c(C)c1C(=O)N1CCC(N)C(C)(C)C1.Cl. The van der Waals surface area contributed by atoms with Crippen molar-refractivity contribution >= 4 is 18.3 Å². The zero-order valence-electron chi connectivity index (χ0n) is 15.3. The van der Waals surface area contributed by atoms with Gasteiger partial charge in [-0.15, -0.1) is 12.4 Å². The molecular formula is C19H27ClN4O. The van der Waals surface area contributed by atoms with Crippen molar-refractivity contribution in [3.8, 4) is 5.69 Å². The molecule has 25 heavy (non-hydrogen) atoms. The zero-order valence-corrected chi connectivity index (χ0v) is 16.1. The van der Waals surface area contributed by atoms with Gasteiger partial charge in [0.1, 0.15) is 0 Å². The Kier molecular flexibility index (Phi) is 5.59. The Morgan fingerprint density at radius 1 is 1.24 bits per heavy atom. The van der Waals surface area contributed by atoms with Gasteiger partial charge in [0.2, 0.25) is 0 Å². The van der Waals surface area contributed by atoms with Gasteiger partial charge in [0, 0.05) is 19.1 Å². The van der Waals surface area contributed by atoms with Gasteiger partial charge in [-0.1, -0.05) is 32.0 Å². The normalized spacial score (nSPS) is 19.4. The monoisotopic (exact) mass is 362 g/mol. The smallest absolute Gasteiger partial charge is 0.257 e. The third kappa shape index (κ3) is 3.58. The molecule has 2 heterocycles. The lowest BCUT2D eigenvalue weighted by atomic mass is 9.79. The highest BCUT2D eigenvalue weighted by molar-refractivity contribution is 5.96. The summed E-state index contributed by atoms with van der Waals surface area (Å²) in [5.41, 5.74) is 9.48. The second-order valence-electron chi connectivity index (χ2n) is 7.40. The molecule has 0 saturated carbocycles. The highest BCUT2D eigenvalue weighted by Crippen LogP contribution is 2.29. The summed E-state index contributed by atoms with van der Waals surface area (Å²) < 4.78 is 1.85. The van der Waals surface area contributed by atoms with Crippen LogP contribution in [-0.2, 0) is 0 Å². The molecule has 2 N–H and O–H groups in total. The van der Waals surface area contributed by atoms with Crippen molar-refractivity contribution in [2.75, 3.05) is 13.1 Å². The number of hydrogen-bond acceptors (Lipinski definition) is 3. The molecular weight excluding hydrogens is 336 g/mol. The Morgan fingerprint density at radius 3 is 2.48 bits per heavy atom.